The van der Waals surface area contributed by atoms with E-state index < -0.39 is 10.1 Å². The van der Waals surface area contributed by atoms with Crippen molar-refractivity contribution in [3.8, 4) is 10.8 Å². The molecule has 0 saturated carbocycles. The average molecular weight is 698 g/mol. The summed E-state index contributed by atoms with van der Waals surface area (Å²) in [5, 5.41) is 10.9. The third-order valence-corrected chi connectivity index (χ3v) is 8.39. The highest BCUT2D eigenvalue weighted by molar-refractivity contribution is 9.11. The standard InChI is InChI=1S/C26H24BrClN6OS.CH4O3S.H2O/c27-22-16-20-24(19-8-4-5-9-21(19)28)29-17-23-30-31-26(34(23)25(20)36-22)33-12-10-32(11-13-33)14-15-35-18-6-2-1-3-7-18;1-5(2,3)4;/h1-9,16H,10-15,17H2;1H3,(H,2,3,4);1H2. The fraction of sp³-hybridized carbons (Fsp3) is 0.296. The molecule has 0 aliphatic carbocycles. The van der Waals surface area contributed by atoms with E-state index in [1.54, 1.807) is 11.3 Å². The van der Waals surface area contributed by atoms with Crippen molar-refractivity contribution in [1.82, 2.24) is 19.7 Å². The summed E-state index contributed by atoms with van der Waals surface area (Å²) in [4.78, 5) is 9.69. The van der Waals surface area contributed by atoms with Gasteiger partial charge in [0.05, 0.1) is 15.8 Å². The van der Waals surface area contributed by atoms with E-state index in [9.17, 15) is 8.42 Å². The molecule has 6 rings (SSSR count). The number of rotatable bonds is 6. The van der Waals surface area contributed by atoms with Crippen LogP contribution in [-0.4, -0.2) is 89.4 Å². The number of benzene rings is 2. The molecule has 2 aromatic carbocycles. The molecular formula is C27H30BrClN6O5S2. The molecule has 42 heavy (non-hydrogen) atoms. The average Bonchev–Trinajstić information content (AvgIpc) is 3.49. The first kappa shape index (κ1) is 32.1. The van der Waals surface area contributed by atoms with Gasteiger partial charge in [0.25, 0.3) is 10.1 Å². The Morgan fingerprint density at radius 3 is 2.38 bits per heavy atom. The Morgan fingerprint density at radius 2 is 1.69 bits per heavy atom. The number of nitrogens with zero attached hydrogens (tertiary/aromatic N) is 6. The lowest BCUT2D eigenvalue weighted by Crippen LogP contribution is -2.48. The predicted molar refractivity (Wildman–Crippen MR) is 169 cm³/mol. The van der Waals surface area contributed by atoms with Crippen LogP contribution in [0.15, 0.2) is 69.4 Å². The molecule has 4 aromatic rings. The molecule has 0 amide bonds. The first-order valence-corrected chi connectivity index (χ1v) is 16.6. The van der Waals surface area contributed by atoms with Gasteiger partial charge in [0, 0.05) is 48.9 Å². The van der Waals surface area contributed by atoms with Gasteiger partial charge in [-0.3, -0.25) is 19.0 Å². The Labute approximate surface area is 261 Å². The Balaban J connectivity index is 0.000000625. The van der Waals surface area contributed by atoms with Gasteiger partial charge in [0.15, 0.2) is 5.82 Å². The van der Waals surface area contributed by atoms with Crippen LogP contribution in [0, 0.1) is 0 Å². The Bertz CT molecular complexity index is 1630. The first-order valence-electron chi connectivity index (χ1n) is 12.8. The Morgan fingerprint density at radius 1 is 1.02 bits per heavy atom. The van der Waals surface area contributed by atoms with Crippen LogP contribution < -0.4 is 9.64 Å². The van der Waals surface area contributed by atoms with E-state index in [2.05, 4.69) is 46.6 Å². The maximum Gasteiger partial charge on any atom is 0.261 e. The van der Waals surface area contributed by atoms with Gasteiger partial charge in [0.1, 0.15) is 23.9 Å². The number of piperazine rings is 1. The zero-order valence-electron chi connectivity index (χ0n) is 22.7. The summed E-state index contributed by atoms with van der Waals surface area (Å²) in [6, 6.07) is 19.9. The molecule has 3 N–H and O–H groups in total. The lowest BCUT2D eigenvalue weighted by Gasteiger charge is -2.35. The molecule has 0 unspecified atom stereocenters. The fourth-order valence-corrected chi connectivity index (χ4v) is 6.43. The number of hydrogen-bond acceptors (Lipinski definition) is 9. The van der Waals surface area contributed by atoms with E-state index in [-0.39, 0.29) is 5.48 Å². The van der Waals surface area contributed by atoms with Crippen LogP contribution in [-0.2, 0) is 16.7 Å². The van der Waals surface area contributed by atoms with E-state index in [1.807, 2.05) is 54.6 Å². The van der Waals surface area contributed by atoms with Gasteiger partial charge < -0.3 is 15.1 Å². The van der Waals surface area contributed by atoms with Crippen LogP contribution in [0.3, 0.4) is 0 Å². The van der Waals surface area contributed by atoms with Crippen molar-refractivity contribution in [3.63, 3.8) is 0 Å². The molecule has 15 heteroatoms. The largest absolute Gasteiger partial charge is 0.492 e. The summed E-state index contributed by atoms with van der Waals surface area (Å²) in [7, 11) is -3.67. The molecule has 4 heterocycles. The predicted octanol–water partition coefficient (Wildman–Crippen LogP) is 3.98. The van der Waals surface area contributed by atoms with Crippen molar-refractivity contribution in [1.29, 1.82) is 0 Å². The second-order valence-electron chi connectivity index (χ2n) is 9.39. The fourth-order valence-electron chi connectivity index (χ4n) is 4.61. The minimum absolute atomic E-state index is 0. The van der Waals surface area contributed by atoms with E-state index in [4.69, 9.17) is 25.9 Å². The van der Waals surface area contributed by atoms with Crippen LogP contribution in [0.5, 0.6) is 5.75 Å². The van der Waals surface area contributed by atoms with Crippen molar-refractivity contribution in [2.75, 3.05) is 50.5 Å². The van der Waals surface area contributed by atoms with Crippen LogP contribution in [0.1, 0.15) is 17.0 Å². The lowest BCUT2D eigenvalue weighted by molar-refractivity contribution is 0.200. The smallest absolute Gasteiger partial charge is 0.261 e. The molecule has 1 fully saturated rings. The first-order chi connectivity index (χ1) is 19.7. The number of hydrogen-bond donors (Lipinski definition) is 1. The highest BCUT2D eigenvalue weighted by Gasteiger charge is 2.29. The van der Waals surface area contributed by atoms with Gasteiger partial charge in [-0.2, -0.15) is 8.42 Å². The van der Waals surface area contributed by atoms with Crippen LogP contribution in [0.2, 0.25) is 5.02 Å². The van der Waals surface area contributed by atoms with Crippen molar-refractivity contribution in [2.24, 2.45) is 4.99 Å². The van der Waals surface area contributed by atoms with Crippen molar-refractivity contribution in [3.05, 3.63) is 86.4 Å². The molecule has 11 nitrogen and oxygen atoms in total. The summed E-state index contributed by atoms with van der Waals surface area (Å²) < 4.78 is 35.0. The molecule has 0 radical (unpaired) electrons. The molecule has 2 aliphatic heterocycles. The highest BCUT2D eigenvalue weighted by atomic mass is 79.9. The number of fused-ring (bicyclic) bond motifs is 3. The van der Waals surface area contributed by atoms with Gasteiger partial charge in [-0.05, 0) is 40.2 Å². The van der Waals surface area contributed by atoms with Gasteiger partial charge >= 0.3 is 0 Å². The Hall–Kier alpha value is -2.85. The van der Waals surface area contributed by atoms with Crippen molar-refractivity contribution >= 4 is 60.6 Å². The minimum atomic E-state index is -3.67. The maximum absolute atomic E-state index is 9.19. The topological polar surface area (TPSA) is 145 Å². The number of halogens is 2. The third kappa shape index (κ3) is 7.95. The van der Waals surface area contributed by atoms with Gasteiger partial charge in [-0.15, -0.1) is 21.5 Å². The number of aromatic nitrogens is 3. The maximum atomic E-state index is 9.19. The van der Waals surface area contributed by atoms with Crippen molar-refractivity contribution < 1.29 is 23.2 Å². The minimum Gasteiger partial charge on any atom is -0.492 e. The quantitative estimate of drug-likeness (QED) is 0.298. The number of thiophene rings is 1. The molecule has 0 atom stereocenters. The molecule has 1 saturated heterocycles. The van der Waals surface area contributed by atoms with E-state index in [1.165, 1.54) is 0 Å². The second kappa shape index (κ2) is 14.1. The molecule has 2 aromatic heterocycles. The van der Waals surface area contributed by atoms with Crippen molar-refractivity contribution in [2.45, 2.75) is 6.54 Å². The normalized spacial score (nSPS) is 14.9. The lowest BCUT2D eigenvalue weighted by atomic mass is 10.0. The van der Waals surface area contributed by atoms with Gasteiger partial charge in [-0.25, -0.2) is 0 Å². The van der Waals surface area contributed by atoms with Crippen LogP contribution in [0.4, 0.5) is 5.95 Å². The summed E-state index contributed by atoms with van der Waals surface area (Å²) in [5.74, 6) is 2.62. The third-order valence-electron chi connectivity index (χ3n) is 6.44. The van der Waals surface area contributed by atoms with E-state index >= 15 is 0 Å². The zero-order valence-corrected chi connectivity index (χ0v) is 26.6. The number of para-hydroxylation sites is 1. The number of ether oxygens (including phenoxy) is 1. The molecule has 0 bridgehead atoms. The SMILES string of the molecule is CS(=O)(=O)O.Clc1ccccc1C1=NCc2nnc(N3CCN(CCOc4ccccc4)CC3)n2-c2sc(Br)cc21.O. The molecule has 2 aliphatic rings. The van der Waals surface area contributed by atoms with Crippen LogP contribution >= 0.6 is 38.9 Å². The second-order valence-corrected chi connectivity index (χ2v) is 13.7. The van der Waals surface area contributed by atoms with E-state index in [0.717, 1.165) is 75.9 Å². The molecule has 224 valence electrons. The molecular weight excluding hydrogens is 668 g/mol. The summed E-state index contributed by atoms with van der Waals surface area (Å²) in [5.41, 5.74) is 2.85. The van der Waals surface area contributed by atoms with E-state index in [0.29, 0.717) is 24.4 Å². The monoisotopic (exact) mass is 696 g/mol. The number of aliphatic imine (C=N–C) groups is 1. The summed E-state index contributed by atoms with van der Waals surface area (Å²) in [6.45, 7) is 5.68. The summed E-state index contributed by atoms with van der Waals surface area (Å²) in [6.07, 6.45) is 0.715. The van der Waals surface area contributed by atoms with Gasteiger partial charge in [0.2, 0.25) is 5.95 Å². The molecule has 0 spiro atoms. The zero-order chi connectivity index (χ0) is 29.0. The summed E-state index contributed by atoms with van der Waals surface area (Å²) >= 11 is 11.9. The number of anilines is 1. The van der Waals surface area contributed by atoms with Crippen LogP contribution in [0.25, 0.3) is 5.00 Å². The highest BCUT2D eigenvalue weighted by Crippen LogP contribution is 2.38. The van der Waals surface area contributed by atoms with Gasteiger partial charge in [-0.1, -0.05) is 48.0 Å². The Kier molecular flexibility index (Phi) is 10.8.